The zero-order chi connectivity index (χ0) is 15.1. The third-order valence-corrected chi connectivity index (χ3v) is 3.51. The van der Waals surface area contributed by atoms with Crippen LogP contribution in [0.2, 0.25) is 0 Å². The summed E-state index contributed by atoms with van der Waals surface area (Å²) in [6.45, 7) is 0. The van der Waals surface area contributed by atoms with Crippen LogP contribution in [0, 0.1) is 0 Å². The molecule has 117 valence electrons. The van der Waals surface area contributed by atoms with E-state index in [2.05, 4.69) is 0 Å². The zero-order valence-corrected chi connectivity index (χ0v) is 12.5. The van der Waals surface area contributed by atoms with E-state index in [0.29, 0.717) is 11.1 Å². The van der Waals surface area contributed by atoms with E-state index in [0.717, 1.165) is 0 Å². The molecule has 7 heteroatoms. The number of hydrogen-bond acceptors (Lipinski definition) is 6. The van der Waals surface area contributed by atoms with E-state index < -0.39 is 12.2 Å². The molecule has 0 saturated carbocycles. The summed E-state index contributed by atoms with van der Waals surface area (Å²) < 4.78 is 5.62. The van der Waals surface area contributed by atoms with E-state index in [-0.39, 0.29) is 52.2 Å². The van der Waals surface area contributed by atoms with E-state index in [1.165, 1.54) is 30.3 Å². The molecule has 0 spiro atoms. The van der Waals surface area contributed by atoms with Crippen LogP contribution in [0.5, 0.6) is 28.7 Å². The van der Waals surface area contributed by atoms with Gasteiger partial charge in [-0.2, -0.15) is 0 Å². The SMILES string of the molecule is Oc1cc(O)c2c(c1)O[C@H](c1ccc(O)c(O)c1)[C@@H](O)C2.[Mn]. The van der Waals surface area contributed by atoms with E-state index in [4.69, 9.17) is 4.74 Å². The largest absolute Gasteiger partial charge is 0.508 e. The summed E-state index contributed by atoms with van der Waals surface area (Å²) in [7, 11) is 0. The Balaban J connectivity index is 0.00000176. The number of ether oxygens (including phenoxy) is 1. The standard InChI is InChI=1S/C15H14O6.Mn/c16-8-4-11(18)9-6-13(20)15(21-14(9)5-8)7-1-2-10(17)12(19)3-7;/h1-5,13,15-20H,6H2;/t13-,15+;/m0./s1. The number of benzene rings is 2. The molecule has 3 rings (SSSR count). The van der Waals surface area contributed by atoms with Crippen molar-refractivity contribution in [1.29, 1.82) is 0 Å². The molecular formula is C15H14MnO6. The van der Waals surface area contributed by atoms with Crippen molar-refractivity contribution in [3.05, 3.63) is 41.5 Å². The first kappa shape index (κ1) is 16.3. The topological polar surface area (TPSA) is 110 Å². The van der Waals surface area contributed by atoms with Gasteiger partial charge in [0.1, 0.15) is 23.4 Å². The maximum atomic E-state index is 10.2. The fourth-order valence-electron chi connectivity index (χ4n) is 2.47. The van der Waals surface area contributed by atoms with Crippen LogP contribution in [0.1, 0.15) is 17.2 Å². The molecule has 2 atom stereocenters. The van der Waals surface area contributed by atoms with E-state index in [9.17, 15) is 25.5 Å². The number of phenolic OH excluding ortho intramolecular Hbond substituents is 4. The summed E-state index contributed by atoms with van der Waals surface area (Å²) in [6, 6.07) is 6.67. The third-order valence-electron chi connectivity index (χ3n) is 3.51. The van der Waals surface area contributed by atoms with Gasteiger partial charge in [-0.3, -0.25) is 0 Å². The maximum absolute atomic E-state index is 10.2. The number of fused-ring (bicyclic) bond motifs is 1. The first-order chi connectivity index (χ1) is 9.95. The molecule has 1 radical (unpaired) electrons. The van der Waals surface area contributed by atoms with Gasteiger partial charge in [0.15, 0.2) is 11.5 Å². The normalized spacial score (nSPS) is 19.7. The molecule has 0 aromatic heterocycles. The van der Waals surface area contributed by atoms with Crippen LogP contribution in [-0.4, -0.2) is 31.6 Å². The van der Waals surface area contributed by atoms with Crippen molar-refractivity contribution in [2.45, 2.75) is 18.6 Å². The third kappa shape index (κ3) is 2.78. The molecule has 0 fully saturated rings. The van der Waals surface area contributed by atoms with Crippen molar-refractivity contribution in [3.8, 4) is 28.7 Å². The predicted octanol–water partition coefficient (Wildman–Crippen LogP) is 1.54. The van der Waals surface area contributed by atoms with Gasteiger partial charge < -0.3 is 30.3 Å². The van der Waals surface area contributed by atoms with Gasteiger partial charge in [-0.05, 0) is 17.7 Å². The Kier molecular flexibility index (Phi) is 4.42. The Morgan fingerprint density at radius 3 is 2.32 bits per heavy atom. The Bertz CT molecular complexity index is 703. The van der Waals surface area contributed by atoms with Crippen molar-refractivity contribution < 1.29 is 47.3 Å². The van der Waals surface area contributed by atoms with Crippen molar-refractivity contribution >= 4 is 0 Å². The quantitative estimate of drug-likeness (QED) is 0.396. The average Bonchev–Trinajstić information content (AvgIpc) is 2.42. The second-order valence-electron chi connectivity index (χ2n) is 5.00. The van der Waals surface area contributed by atoms with Crippen LogP contribution in [0.4, 0.5) is 0 Å². The number of phenols is 4. The average molecular weight is 345 g/mol. The number of aromatic hydroxyl groups is 4. The minimum atomic E-state index is -0.933. The molecule has 1 heterocycles. The number of hydrogen-bond donors (Lipinski definition) is 5. The summed E-state index contributed by atoms with van der Waals surface area (Å²) in [5.41, 5.74) is 0.894. The van der Waals surface area contributed by atoms with Crippen LogP contribution in [0.15, 0.2) is 30.3 Å². The summed E-state index contributed by atoms with van der Waals surface area (Å²) in [4.78, 5) is 0. The number of aliphatic hydroxyl groups is 1. The van der Waals surface area contributed by atoms with Gasteiger partial charge in [0, 0.05) is 41.2 Å². The monoisotopic (exact) mass is 345 g/mol. The molecule has 0 amide bonds. The molecule has 2 aromatic rings. The van der Waals surface area contributed by atoms with E-state index in [1.807, 2.05) is 0 Å². The smallest absolute Gasteiger partial charge is 0.157 e. The zero-order valence-electron chi connectivity index (χ0n) is 11.3. The van der Waals surface area contributed by atoms with E-state index in [1.54, 1.807) is 0 Å². The molecule has 22 heavy (non-hydrogen) atoms. The Morgan fingerprint density at radius 2 is 1.64 bits per heavy atom. The minimum Gasteiger partial charge on any atom is -0.508 e. The Morgan fingerprint density at radius 1 is 0.909 bits per heavy atom. The van der Waals surface area contributed by atoms with Gasteiger partial charge in [0.2, 0.25) is 0 Å². The fraction of sp³-hybridized carbons (Fsp3) is 0.200. The molecular weight excluding hydrogens is 331 g/mol. The van der Waals surface area contributed by atoms with Crippen LogP contribution in [0.3, 0.4) is 0 Å². The Labute approximate surface area is 136 Å². The molecule has 0 saturated heterocycles. The van der Waals surface area contributed by atoms with Crippen molar-refractivity contribution in [2.75, 3.05) is 0 Å². The molecule has 1 aliphatic heterocycles. The van der Waals surface area contributed by atoms with E-state index >= 15 is 0 Å². The van der Waals surface area contributed by atoms with Crippen molar-refractivity contribution in [2.24, 2.45) is 0 Å². The molecule has 0 bridgehead atoms. The first-order valence-corrected chi connectivity index (χ1v) is 6.37. The molecule has 6 nitrogen and oxygen atoms in total. The summed E-state index contributed by atoms with van der Waals surface area (Å²) in [5.74, 6) is -0.589. The molecule has 0 unspecified atom stereocenters. The van der Waals surface area contributed by atoms with Crippen LogP contribution < -0.4 is 4.74 Å². The predicted molar refractivity (Wildman–Crippen MR) is 72.6 cm³/mol. The molecule has 1 aliphatic rings. The van der Waals surface area contributed by atoms with Gasteiger partial charge in [-0.25, -0.2) is 0 Å². The number of aliphatic hydroxyl groups excluding tert-OH is 1. The first-order valence-electron chi connectivity index (χ1n) is 6.37. The van der Waals surface area contributed by atoms with Crippen molar-refractivity contribution in [3.63, 3.8) is 0 Å². The second kappa shape index (κ2) is 5.96. The molecule has 5 N–H and O–H groups in total. The second-order valence-corrected chi connectivity index (χ2v) is 5.00. The van der Waals surface area contributed by atoms with Crippen LogP contribution in [0.25, 0.3) is 0 Å². The van der Waals surface area contributed by atoms with Gasteiger partial charge in [-0.15, -0.1) is 0 Å². The van der Waals surface area contributed by atoms with Gasteiger partial charge in [0.25, 0.3) is 0 Å². The van der Waals surface area contributed by atoms with Crippen LogP contribution >= 0.6 is 0 Å². The number of rotatable bonds is 1. The Hall–Kier alpha value is -2.08. The minimum absolute atomic E-state index is 0. The molecule has 0 aliphatic carbocycles. The summed E-state index contributed by atoms with van der Waals surface area (Å²) in [6.07, 6.45) is -1.56. The fourth-order valence-corrected chi connectivity index (χ4v) is 2.47. The van der Waals surface area contributed by atoms with Gasteiger partial charge in [-0.1, -0.05) is 6.07 Å². The van der Waals surface area contributed by atoms with Crippen molar-refractivity contribution in [1.82, 2.24) is 0 Å². The summed E-state index contributed by atoms with van der Waals surface area (Å²) in [5, 5.41) is 48.3. The molecule has 2 aromatic carbocycles. The van der Waals surface area contributed by atoms with Crippen LogP contribution in [-0.2, 0) is 23.5 Å². The summed E-state index contributed by atoms with van der Waals surface area (Å²) >= 11 is 0. The van der Waals surface area contributed by atoms with Gasteiger partial charge in [0.05, 0.1) is 6.10 Å². The van der Waals surface area contributed by atoms with Gasteiger partial charge >= 0.3 is 0 Å². The maximum Gasteiger partial charge on any atom is 0.157 e.